The molecule has 3 rings (SSSR count). The Balaban J connectivity index is 1.75. The Labute approximate surface area is 149 Å². The first-order chi connectivity index (χ1) is 12.0. The number of rotatable bonds is 5. The van der Waals surface area contributed by atoms with E-state index in [9.17, 15) is 19.6 Å². The first-order valence-corrected chi connectivity index (χ1v) is 8.20. The van der Waals surface area contributed by atoms with Crippen molar-refractivity contribution < 1.29 is 14.4 Å². The van der Waals surface area contributed by atoms with E-state index < -0.39 is 10.7 Å². The Morgan fingerprint density at radius 2 is 2.16 bits per heavy atom. The summed E-state index contributed by atoms with van der Waals surface area (Å²) in [7, 11) is 0. The largest absolute Gasteiger partial charge is 0.392 e. The molecule has 2 N–H and O–H groups in total. The highest BCUT2D eigenvalue weighted by atomic mass is 35.5. The van der Waals surface area contributed by atoms with Crippen molar-refractivity contribution in [2.75, 3.05) is 23.3 Å². The second kappa shape index (κ2) is 7.25. The lowest BCUT2D eigenvalue weighted by molar-refractivity contribution is -0.384. The quantitative estimate of drug-likeness (QED) is 0.625. The molecule has 0 aromatic heterocycles. The van der Waals surface area contributed by atoms with Gasteiger partial charge in [-0.1, -0.05) is 11.6 Å². The number of nitro groups is 1. The van der Waals surface area contributed by atoms with Gasteiger partial charge in [0.25, 0.3) is 5.69 Å². The van der Waals surface area contributed by atoms with Crippen LogP contribution in [-0.2, 0) is 6.61 Å². The molecule has 0 spiro atoms. The molecular formula is C17H17ClFN3O3. The van der Waals surface area contributed by atoms with Gasteiger partial charge in [0.1, 0.15) is 11.5 Å². The van der Waals surface area contributed by atoms with E-state index in [1.54, 1.807) is 12.1 Å². The molecule has 0 saturated carbocycles. The number of benzene rings is 2. The summed E-state index contributed by atoms with van der Waals surface area (Å²) in [6.45, 7) is 1.10. The summed E-state index contributed by atoms with van der Waals surface area (Å²) < 4.78 is 13.6. The van der Waals surface area contributed by atoms with Crippen molar-refractivity contribution in [2.24, 2.45) is 0 Å². The van der Waals surface area contributed by atoms with E-state index in [0.29, 0.717) is 24.3 Å². The Morgan fingerprint density at radius 1 is 1.36 bits per heavy atom. The molecule has 8 heteroatoms. The van der Waals surface area contributed by atoms with E-state index in [4.69, 9.17) is 11.6 Å². The van der Waals surface area contributed by atoms with Gasteiger partial charge in [-0.15, -0.1) is 0 Å². The SMILES string of the molecule is O=[N+]([O-])c1ccc(CO)cc1NC1CCN(c2ccc(Cl)c(F)c2)C1. The van der Waals surface area contributed by atoms with Crippen molar-refractivity contribution in [3.8, 4) is 0 Å². The Kier molecular flexibility index (Phi) is 5.06. The fourth-order valence-electron chi connectivity index (χ4n) is 2.97. The van der Waals surface area contributed by atoms with Gasteiger partial charge in [-0.25, -0.2) is 4.39 Å². The summed E-state index contributed by atoms with van der Waals surface area (Å²) in [6.07, 6.45) is 0.755. The molecule has 25 heavy (non-hydrogen) atoms. The number of nitro benzene ring substituents is 1. The predicted molar refractivity (Wildman–Crippen MR) is 94.7 cm³/mol. The highest BCUT2D eigenvalue weighted by Gasteiger charge is 2.25. The minimum atomic E-state index is -0.470. The van der Waals surface area contributed by atoms with Crippen molar-refractivity contribution in [1.82, 2.24) is 0 Å². The molecule has 1 saturated heterocycles. The van der Waals surface area contributed by atoms with E-state index in [0.717, 1.165) is 12.1 Å². The highest BCUT2D eigenvalue weighted by Crippen LogP contribution is 2.30. The minimum Gasteiger partial charge on any atom is -0.392 e. The molecule has 0 amide bonds. The van der Waals surface area contributed by atoms with E-state index >= 15 is 0 Å². The third-order valence-corrected chi connectivity index (χ3v) is 4.56. The fourth-order valence-corrected chi connectivity index (χ4v) is 3.09. The molecule has 0 bridgehead atoms. The lowest BCUT2D eigenvalue weighted by atomic mass is 10.1. The molecule has 2 aromatic carbocycles. The molecule has 1 atom stereocenters. The van der Waals surface area contributed by atoms with Crippen molar-refractivity contribution >= 4 is 28.7 Å². The molecule has 132 valence electrons. The van der Waals surface area contributed by atoms with Crippen LogP contribution in [0.15, 0.2) is 36.4 Å². The first kappa shape index (κ1) is 17.4. The molecule has 1 heterocycles. The summed E-state index contributed by atoms with van der Waals surface area (Å²) in [6, 6.07) is 9.13. The van der Waals surface area contributed by atoms with Gasteiger partial charge in [0.15, 0.2) is 0 Å². The summed E-state index contributed by atoms with van der Waals surface area (Å²) >= 11 is 5.71. The summed E-state index contributed by atoms with van der Waals surface area (Å²) in [4.78, 5) is 12.7. The van der Waals surface area contributed by atoms with E-state index in [-0.39, 0.29) is 23.4 Å². The standard InChI is InChI=1S/C17H17ClFN3O3/c18-14-3-2-13(8-15(14)19)21-6-5-12(9-21)20-16-7-11(10-23)1-4-17(16)22(24)25/h1-4,7-8,12,20,23H,5-6,9-10H2. The van der Waals surface area contributed by atoms with Crippen LogP contribution in [0.4, 0.5) is 21.5 Å². The highest BCUT2D eigenvalue weighted by molar-refractivity contribution is 6.30. The van der Waals surface area contributed by atoms with Crippen LogP contribution >= 0.6 is 11.6 Å². The zero-order chi connectivity index (χ0) is 18.0. The summed E-state index contributed by atoms with van der Waals surface area (Å²) in [5, 5.41) is 23.7. The monoisotopic (exact) mass is 365 g/mol. The van der Waals surface area contributed by atoms with Gasteiger partial charge in [-0.3, -0.25) is 10.1 Å². The molecular weight excluding hydrogens is 349 g/mol. The van der Waals surface area contributed by atoms with Crippen LogP contribution in [0.2, 0.25) is 5.02 Å². The number of aliphatic hydroxyl groups excluding tert-OH is 1. The molecule has 1 fully saturated rings. The molecule has 2 aromatic rings. The topological polar surface area (TPSA) is 78.6 Å². The van der Waals surface area contributed by atoms with Crippen LogP contribution in [-0.4, -0.2) is 29.2 Å². The van der Waals surface area contributed by atoms with Gasteiger partial charge in [-0.05, 0) is 42.3 Å². The van der Waals surface area contributed by atoms with Crippen LogP contribution in [0.1, 0.15) is 12.0 Å². The van der Waals surface area contributed by atoms with Crippen molar-refractivity contribution in [2.45, 2.75) is 19.1 Å². The van der Waals surface area contributed by atoms with E-state index in [2.05, 4.69) is 5.32 Å². The van der Waals surface area contributed by atoms with Crippen LogP contribution in [0.3, 0.4) is 0 Å². The van der Waals surface area contributed by atoms with E-state index in [1.807, 2.05) is 4.90 Å². The first-order valence-electron chi connectivity index (χ1n) is 7.82. The van der Waals surface area contributed by atoms with Crippen LogP contribution < -0.4 is 10.2 Å². The second-order valence-corrected chi connectivity index (χ2v) is 6.35. The second-order valence-electron chi connectivity index (χ2n) is 5.94. The van der Waals surface area contributed by atoms with Gasteiger partial charge in [0, 0.05) is 30.9 Å². The summed E-state index contributed by atoms with van der Waals surface area (Å²) in [5.41, 5.74) is 1.67. The average molecular weight is 366 g/mol. The maximum absolute atomic E-state index is 13.6. The molecule has 6 nitrogen and oxygen atoms in total. The number of aliphatic hydroxyl groups is 1. The van der Waals surface area contributed by atoms with Crippen LogP contribution in [0.25, 0.3) is 0 Å². The number of nitrogens with zero attached hydrogens (tertiary/aromatic N) is 2. The van der Waals surface area contributed by atoms with Gasteiger partial charge >= 0.3 is 0 Å². The number of hydrogen-bond acceptors (Lipinski definition) is 5. The van der Waals surface area contributed by atoms with Crippen molar-refractivity contribution in [3.05, 3.63) is 62.9 Å². The lowest BCUT2D eigenvalue weighted by Crippen LogP contribution is -2.26. The third kappa shape index (κ3) is 3.83. The van der Waals surface area contributed by atoms with Gasteiger partial charge in [0.2, 0.25) is 0 Å². The smallest absolute Gasteiger partial charge is 0.292 e. The number of halogens is 2. The molecule has 0 radical (unpaired) electrons. The van der Waals surface area contributed by atoms with E-state index in [1.165, 1.54) is 24.3 Å². The maximum Gasteiger partial charge on any atom is 0.292 e. The Hall–Kier alpha value is -2.38. The number of hydrogen-bond donors (Lipinski definition) is 2. The van der Waals surface area contributed by atoms with Gasteiger partial charge < -0.3 is 15.3 Å². The average Bonchev–Trinajstić information content (AvgIpc) is 3.05. The van der Waals surface area contributed by atoms with Gasteiger partial charge in [0.05, 0.1) is 16.6 Å². The zero-order valence-electron chi connectivity index (χ0n) is 13.3. The van der Waals surface area contributed by atoms with Crippen LogP contribution in [0.5, 0.6) is 0 Å². The molecule has 0 aliphatic carbocycles. The van der Waals surface area contributed by atoms with Gasteiger partial charge in [-0.2, -0.15) is 0 Å². The van der Waals surface area contributed by atoms with Crippen molar-refractivity contribution in [1.29, 1.82) is 0 Å². The fraction of sp³-hybridized carbons (Fsp3) is 0.294. The Morgan fingerprint density at radius 3 is 2.84 bits per heavy atom. The lowest BCUT2D eigenvalue weighted by Gasteiger charge is -2.20. The number of anilines is 2. The third-order valence-electron chi connectivity index (χ3n) is 4.26. The minimum absolute atomic E-state index is 0.0219. The summed E-state index contributed by atoms with van der Waals surface area (Å²) in [5.74, 6) is -0.470. The molecule has 1 unspecified atom stereocenters. The normalized spacial score (nSPS) is 16.9. The predicted octanol–water partition coefficient (Wildman–Crippen LogP) is 3.57. The molecule has 1 aliphatic heterocycles. The number of nitrogens with one attached hydrogen (secondary N) is 1. The molecule has 1 aliphatic rings. The maximum atomic E-state index is 13.6. The van der Waals surface area contributed by atoms with Crippen molar-refractivity contribution in [3.63, 3.8) is 0 Å². The Bertz CT molecular complexity index is 803. The zero-order valence-corrected chi connectivity index (χ0v) is 14.0. The van der Waals surface area contributed by atoms with Crippen LogP contribution in [0, 0.1) is 15.9 Å².